The van der Waals surface area contributed by atoms with Crippen molar-refractivity contribution in [1.82, 2.24) is 4.90 Å². The van der Waals surface area contributed by atoms with Crippen molar-refractivity contribution in [2.75, 3.05) is 14.2 Å². The highest BCUT2D eigenvalue weighted by Gasteiger charge is 2.25. The zero-order valence-electron chi connectivity index (χ0n) is 13.6. The second-order valence-electron chi connectivity index (χ2n) is 5.90. The maximum Gasteiger partial charge on any atom is 0.410 e. The predicted molar refractivity (Wildman–Crippen MR) is 84.5 cm³/mol. The van der Waals surface area contributed by atoms with Crippen molar-refractivity contribution in [2.45, 2.75) is 38.8 Å². The fourth-order valence-corrected chi connectivity index (χ4v) is 1.96. The molecule has 21 heavy (non-hydrogen) atoms. The third kappa shape index (κ3) is 5.14. The van der Waals surface area contributed by atoms with E-state index < -0.39 is 5.60 Å². The minimum Gasteiger partial charge on any atom is -0.497 e. The summed E-state index contributed by atoms with van der Waals surface area (Å²) in [7, 11) is 3.37. The summed E-state index contributed by atoms with van der Waals surface area (Å²) in [6.45, 7) is 9.34. The molecule has 0 aliphatic heterocycles. The molecule has 0 aromatic heterocycles. The van der Waals surface area contributed by atoms with Gasteiger partial charge in [-0.1, -0.05) is 18.2 Å². The molecule has 1 atom stereocenters. The molecular weight excluding hydrogens is 266 g/mol. The number of carbonyl (C=O) groups is 1. The van der Waals surface area contributed by atoms with Crippen LogP contribution in [0.5, 0.6) is 5.75 Å². The van der Waals surface area contributed by atoms with Crippen molar-refractivity contribution >= 4 is 6.09 Å². The molecule has 0 aliphatic rings. The summed E-state index contributed by atoms with van der Waals surface area (Å²) >= 11 is 0. The van der Waals surface area contributed by atoms with Crippen LogP contribution in [0.2, 0.25) is 0 Å². The molecule has 0 N–H and O–H groups in total. The van der Waals surface area contributed by atoms with Crippen LogP contribution in [-0.2, 0) is 4.74 Å². The van der Waals surface area contributed by atoms with Gasteiger partial charge < -0.3 is 14.4 Å². The Bertz CT molecular complexity index is 474. The highest BCUT2D eigenvalue weighted by atomic mass is 16.6. The van der Waals surface area contributed by atoms with Gasteiger partial charge in [0.2, 0.25) is 0 Å². The summed E-state index contributed by atoms with van der Waals surface area (Å²) in [5.74, 6) is 0.788. The van der Waals surface area contributed by atoms with Gasteiger partial charge in [-0.2, -0.15) is 0 Å². The van der Waals surface area contributed by atoms with Gasteiger partial charge in [0.15, 0.2) is 0 Å². The molecule has 1 unspecified atom stereocenters. The summed E-state index contributed by atoms with van der Waals surface area (Å²) in [6, 6.07) is 7.56. The molecule has 4 heteroatoms. The maximum absolute atomic E-state index is 12.2. The number of carbonyl (C=O) groups excluding carboxylic acids is 1. The molecule has 116 valence electrons. The number of ether oxygens (including phenoxy) is 2. The smallest absolute Gasteiger partial charge is 0.410 e. The first-order chi connectivity index (χ1) is 9.78. The van der Waals surface area contributed by atoms with Gasteiger partial charge in [-0.05, 0) is 44.9 Å². The van der Waals surface area contributed by atoms with Crippen LogP contribution in [0.25, 0.3) is 0 Å². The van der Waals surface area contributed by atoms with E-state index >= 15 is 0 Å². The molecule has 0 saturated heterocycles. The average Bonchev–Trinajstić information content (AvgIpc) is 2.42. The van der Waals surface area contributed by atoms with E-state index in [1.807, 2.05) is 45.0 Å². The Morgan fingerprint density at radius 3 is 2.33 bits per heavy atom. The van der Waals surface area contributed by atoms with Gasteiger partial charge in [0, 0.05) is 7.05 Å². The summed E-state index contributed by atoms with van der Waals surface area (Å²) in [5, 5.41) is 0. The van der Waals surface area contributed by atoms with Crippen molar-refractivity contribution in [2.24, 2.45) is 0 Å². The molecule has 0 heterocycles. The Labute approximate surface area is 127 Å². The molecule has 0 radical (unpaired) electrons. The molecule has 0 fully saturated rings. The van der Waals surface area contributed by atoms with Crippen molar-refractivity contribution in [3.63, 3.8) is 0 Å². The molecule has 1 amide bonds. The number of rotatable bonds is 5. The van der Waals surface area contributed by atoms with E-state index in [2.05, 4.69) is 6.58 Å². The summed E-state index contributed by atoms with van der Waals surface area (Å²) < 4.78 is 10.6. The number of methoxy groups -OCH3 is 1. The minimum absolute atomic E-state index is 0.108. The second-order valence-corrected chi connectivity index (χ2v) is 5.90. The molecule has 1 aromatic carbocycles. The predicted octanol–water partition coefficient (Wildman–Crippen LogP) is 4.18. The van der Waals surface area contributed by atoms with Crippen LogP contribution in [0.15, 0.2) is 36.9 Å². The SMILES string of the molecule is C=CCC(c1ccc(OC)cc1)N(C)C(=O)OC(C)(C)C. The van der Waals surface area contributed by atoms with E-state index in [4.69, 9.17) is 9.47 Å². The summed E-state index contributed by atoms with van der Waals surface area (Å²) in [5.41, 5.74) is 0.508. The summed E-state index contributed by atoms with van der Waals surface area (Å²) in [6.07, 6.45) is 2.11. The van der Waals surface area contributed by atoms with Crippen LogP contribution in [0.4, 0.5) is 4.79 Å². The van der Waals surface area contributed by atoms with E-state index in [1.54, 1.807) is 25.1 Å². The average molecular weight is 291 g/mol. The lowest BCUT2D eigenvalue weighted by atomic mass is 10.0. The first-order valence-electron chi connectivity index (χ1n) is 6.99. The fraction of sp³-hybridized carbons (Fsp3) is 0.471. The van der Waals surface area contributed by atoms with Gasteiger partial charge in [-0.15, -0.1) is 6.58 Å². The molecule has 4 nitrogen and oxygen atoms in total. The Morgan fingerprint density at radius 1 is 1.33 bits per heavy atom. The lowest BCUT2D eigenvalue weighted by Gasteiger charge is -2.30. The number of nitrogens with zero attached hydrogens (tertiary/aromatic N) is 1. The quantitative estimate of drug-likeness (QED) is 0.764. The van der Waals surface area contributed by atoms with Crippen LogP contribution in [0.1, 0.15) is 38.8 Å². The van der Waals surface area contributed by atoms with Crippen molar-refractivity contribution in [3.8, 4) is 5.75 Å². The third-order valence-corrected chi connectivity index (χ3v) is 3.04. The van der Waals surface area contributed by atoms with Gasteiger partial charge in [-0.3, -0.25) is 0 Å². The lowest BCUT2D eigenvalue weighted by molar-refractivity contribution is 0.0221. The van der Waals surface area contributed by atoms with Gasteiger partial charge >= 0.3 is 6.09 Å². The standard InChI is InChI=1S/C17H25NO3/c1-7-8-15(13-9-11-14(20-6)12-10-13)18(5)16(19)21-17(2,3)4/h7,9-12,15H,1,8H2,2-6H3. The van der Waals surface area contributed by atoms with E-state index in [0.29, 0.717) is 6.42 Å². The van der Waals surface area contributed by atoms with Crippen molar-refractivity contribution < 1.29 is 14.3 Å². The molecule has 0 bridgehead atoms. The van der Waals surface area contributed by atoms with Gasteiger partial charge in [0.25, 0.3) is 0 Å². The maximum atomic E-state index is 12.2. The zero-order chi connectivity index (χ0) is 16.0. The molecule has 0 saturated carbocycles. The van der Waals surface area contributed by atoms with Crippen LogP contribution < -0.4 is 4.74 Å². The minimum atomic E-state index is -0.510. The summed E-state index contributed by atoms with van der Waals surface area (Å²) in [4.78, 5) is 13.8. The first-order valence-corrected chi connectivity index (χ1v) is 6.99. The van der Waals surface area contributed by atoms with Crippen LogP contribution in [0, 0.1) is 0 Å². The van der Waals surface area contributed by atoms with Gasteiger partial charge in [-0.25, -0.2) is 4.79 Å². The van der Waals surface area contributed by atoms with E-state index in [9.17, 15) is 4.79 Å². The van der Waals surface area contributed by atoms with Crippen LogP contribution >= 0.6 is 0 Å². The molecular formula is C17H25NO3. The third-order valence-electron chi connectivity index (χ3n) is 3.04. The van der Waals surface area contributed by atoms with E-state index in [1.165, 1.54) is 0 Å². The second kappa shape index (κ2) is 7.16. The fourth-order valence-electron chi connectivity index (χ4n) is 1.96. The van der Waals surface area contributed by atoms with Crippen molar-refractivity contribution in [1.29, 1.82) is 0 Å². The zero-order valence-corrected chi connectivity index (χ0v) is 13.6. The highest BCUT2D eigenvalue weighted by Crippen LogP contribution is 2.27. The Hall–Kier alpha value is -1.97. The number of amides is 1. The van der Waals surface area contributed by atoms with Gasteiger partial charge in [0.05, 0.1) is 13.2 Å². The van der Waals surface area contributed by atoms with E-state index in [0.717, 1.165) is 11.3 Å². The Kier molecular flexibility index (Phi) is 5.82. The van der Waals surface area contributed by atoms with Crippen LogP contribution in [-0.4, -0.2) is 30.8 Å². The van der Waals surface area contributed by atoms with Crippen molar-refractivity contribution in [3.05, 3.63) is 42.5 Å². The molecule has 0 spiro atoms. The molecule has 1 aromatic rings. The lowest BCUT2D eigenvalue weighted by Crippen LogP contribution is -2.36. The largest absolute Gasteiger partial charge is 0.497 e. The van der Waals surface area contributed by atoms with Gasteiger partial charge in [0.1, 0.15) is 11.4 Å². The van der Waals surface area contributed by atoms with E-state index in [-0.39, 0.29) is 12.1 Å². The number of hydrogen-bond acceptors (Lipinski definition) is 3. The molecule has 0 aliphatic carbocycles. The normalized spacial score (nSPS) is 12.4. The first kappa shape index (κ1) is 17.1. The Morgan fingerprint density at radius 2 is 1.90 bits per heavy atom. The monoisotopic (exact) mass is 291 g/mol. The Balaban J connectivity index is 2.93. The van der Waals surface area contributed by atoms with Crippen LogP contribution in [0.3, 0.4) is 0 Å². The highest BCUT2D eigenvalue weighted by molar-refractivity contribution is 5.68. The molecule has 1 rings (SSSR count). The topological polar surface area (TPSA) is 38.8 Å². The number of hydrogen-bond donors (Lipinski definition) is 0. The number of benzene rings is 1.